The van der Waals surface area contributed by atoms with Crippen LogP contribution in [0.25, 0.3) is 0 Å². The summed E-state index contributed by atoms with van der Waals surface area (Å²) in [6.07, 6.45) is 6.70. The van der Waals surface area contributed by atoms with Gasteiger partial charge in [0.2, 0.25) is 0 Å². The Labute approximate surface area is 106 Å². The molecule has 1 heterocycles. The largest absolute Gasteiger partial charge is 0.349 e. The molecule has 2 nitrogen and oxygen atoms in total. The fourth-order valence-electron chi connectivity index (χ4n) is 2.07. The van der Waals surface area contributed by atoms with Crippen molar-refractivity contribution in [1.29, 1.82) is 0 Å². The Morgan fingerprint density at radius 2 is 2.06 bits per heavy atom. The van der Waals surface area contributed by atoms with Crippen LogP contribution in [0.5, 0.6) is 0 Å². The van der Waals surface area contributed by atoms with Gasteiger partial charge in [0.1, 0.15) is 5.82 Å². The van der Waals surface area contributed by atoms with Crippen molar-refractivity contribution in [2.75, 3.05) is 0 Å². The van der Waals surface area contributed by atoms with Crippen molar-refractivity contribution in [3.05, 3.63) is 59.7 Å². The van der Waals surface area contributed by atoms with Gasteiger partial charge in [-0.2, -0.15) is 0 Å². The van der Waals surface area contributed by atoms with Crippen LogP contribution in [0.1, 0.15) is 24.0 Å². The van der Waals surface area contributed by atoms with Gasteiger partial charge in [0.25, 0.3) is 0 Å². The van der Waals surface area contributed by atoms with Gasteiger partial charge in [-0.05, 0) is 30.5 Å². The van der Waals surface area contributed by atoms with E-state index in [-0.39, 0.29) is 5.82 Å². The topological polar surface area (TPSA) is 17.0 Å². The van der Waals surface area contributed by atoms with Crippen molar-refractivity contribution in [2.24, 2.45) is 0 Å². The van der Waals surface area contributed by atoms with E-state index >= 15 is 0 Å². The van der Waals surface area contributed by atoms with E-state index < -0.39 is 0 Å². The third-order valence-electron chi connectivity index (χ3n) is 3.29. The maximum Gasteiger partial charge on any atom is 0.128 e. The lowest BCUT2D eigenvalue weighted by Gasteiger charge is -2.04. The van der Waals surface area contributed by atoms with E-state index in [2.05, 4.69) is 17.6 Å². The van der Waals surface area contributed by atoms with Crippen LogP contribution in [0.15, 0.2) is 42.7 Å². The molecule has 1 aliphatic carbocycles. The lowest BCUT2D eigenvalue weighted by atomic mass is 10.2. The van der Waals surface area contributed by atoms with E-state index in [9.17, 15) is 4.39 Å². The average molecular weight is 244 g/mol. The molecule has 3 rings (SSSR count). The summed E-state index contributed by atoms with van der Waals surface area (Å²) in [6, 6.07) is 9.75. The quantitative estimate of drug-likeness (QED) is 0.855. The summed E-state index contributed by atoms with van der Waals surface area (Å²) in [6.45, 7) is 1.51. The van der Waals surface area contributed by atoms with Crippen molar-refractivity contribution in [1.82, 2.24) is 9.88 Å². The van der Waals surface area contributed by atoms with Gasteiger partial charge < -0.3 is 9.88 Å². The molecular formula is C15H17FN2. The first kappa shape index (κ1) is 11.5. The van der Waals surface area contributed by atoms with Gasteiger partial charge in [0.05, 0.1) is 0 Å². The fourth-order valence-corrected chi connectivity index (χ4v) is 2.07. The Balaban J connectivity index is 1.63. The summed E-state index contributed by atoms with van der Waals surface area (Å²) < 4.78 is 15.5. The number of halogens is 1. The molecule has 18 heavy (non-hydrogen) atoms. The van der Waals surface area contributed by atoms with Crippen LogP contribution in [0, 0.1) is 5.82 Å². The van der Waals surface area contributed by atoms with Crippen LogP contribution in [0.2, 0.25) is 0 Å². The molecule has 0 saturated heterocycles. The average Bonchev–Trinajstić information content (AvgIpc) is 3.10. The van der Waals surface area contributed by atoms with Crippen LogP contribution in [0.3, 0.4) is 0 Å². The summed E-state index contributed by atoms with van der Waals surface area (Å²) >= 11 is 0. The second kappa shape index (κ2) is 4.94. The number of rotatable bonds is 5. The zero-order chi connectivity index (χ0) is 12.4. The molecule has 1 saturated carbocycles. The van der Waals surface area contributed by atoms with Gasteiger partial charge in [-0.25, -0.2) is 4.39 Å². The Bertz CT molecular complexity index is 529. The Morgan fingerprint density at radius 3 is 2.83 bits per heavy atom. The molecule has 1 N–H and O–H groups in total. The predicted octanol–water partition coefficient (Wildman–Crippen LogP) is 2.93. The van der Waals surface area contributed by atoms with Gasteiger partial charge in [0, 0.05) is 37.1 Å². The third-order valence-corrected chi connectivity index (χ3v) is 3.29. The minimum atomic E-state index is -0.135. The highest BCUT2D eigenvalue weighted by Crippen LogP contribution is 2.19. The molecule has 0 aliphatic heterocycles. The first-order chi connectivity index (χ1) is 8.81. The van der Waals surface area contributed by atoms with Crippen LogP contribution in [0.4, 0.5) is 4.39 Å². The van der Waals surface area contributed by atoms with Crippen LogP contribution in [-0.4, -0.2) is 10.6 Å². The number of aromatic nitrogens is 1. The molecule has 0 radical (unpaired) electrons. The number of hydrogen-bond acceptors (Lipinski definition) is 1. The predicted molar refractivity (Wildman–Crippen MR) is 69.8 cm³/mol. The van der Waals surface area contributed by atoms with Crippen molar-refractivity contribution in [2.45, 2.75) is 32.0 Å². The van der Waals surface area contributed by atoms with Crippen LogP contribution >= 0.6 is 0 Å². The highest BCUT2D eigenvalue weighted by molar-refractivity contribution is 5.19. The monoisotopic (exact) mass is 244 g/mol. The molecule has 1 fully saturated rings. The minimum absolute atomic E-state index is 0.135. The van der Waals surface area contributed by atoms with Gasteiger partial charge in [-0.15, -0.1) is 0 Å². The molecule has 2 aromatic rings. The molecule has 0 amide bonds. The van der Waals surface area contributed by atoms with Crippen molar-refractivity contribution < 1.29 is 4.39 Å². The molecule has 0 spiro atoms. The lowest BCUT2D eigenvalue weighted by molar-refractivity contribution is 0.599. The van der Waals surface area contributed by atoms with Crippen molar-refractivity contribution in [3.8, 4) is 0 Å². The first-order valence-corrected chi connectivity index (χ1v) is 6.43. The molecule has 1 aliphatic rings. The summed E-state index contributed by atoms with van der Waals surface area (Å²) in [5.41, 5.74) is 1.99. The minimum Gasteiger partial charge on any atom is -0.349 e. The van der Waals surface area contributed by atoms with Gasteiger partial charge in [0.15, 0.2) is 0 Å². The number of benzene rings is 1. The Kier molecular flexibility index (Phi) is 3.15. The van der Waals surface area contributed by atoms with Crippen LogP contribution in [-0.2, 0) is 13.1 Å². The SMILES string of the molecule is Fc1ccccc1Cn1ccc(CNC2CC2)c1. The molecule has 94 valence electrons. The zero-order valence-corrected chi connectivity index (χ0v) is 10.3. The van der Waals surface area contributed by atoms with E-state index in [1.807, 2.05) is 22.9 Å². The maximum atomic E-state index is 13.5. The normalized spacial score (nSPS) is 14.9. The van der Waals surface area contributed by atoms with Gasteiger partial charge in [-0.1, -0.05) is 18.2 Å². The molecule has 1 aromatic carbocycles. The summed E-state index contributed by atoms with van der Waals surface area (Å²) in [5, 5.41) is 3.47. The number of hydrogen-bond donors (Lipinski definition) is 1. The highest BCUT2D eigenvalue weighted by Gasteiger charge is 2.19. The third kappa shape index (κ3) is 2.79. The molecule has 3 heteroatoms. The Morgan fingerprint density at radius 1 is 1.22 bits per heavy atom. The van der Waals surface area contributed by atoms with E-state index in [1.165, 1.54) is 24.5 Å². The first-order valence-electron chi connectivity index (χ1n) is 6.43. The zero-order valence-electron chi connectivity index (χ0n) is 10.3. The van der Waals surface area contributed by atoms with Crippen molar-refractivity contribution >= 4 is 0 Å². The van der Waals surface area contributed by atoms with E-state index in [1.54, 1.807) is 6.07 Å². The molecular weight excluding hydrogens is 227 g/mol. The number of nitrogens with zero attached hydrogens (tertiary/aromatic N) is 1. The molecule has 0 unspecified atom stereocenters. The second-order valence-corrected chi connectivity index (χ2v) is 4.94. The highest BCUT2D eigenvalue weighted by atomic mass is 19.1. The Hall–Kier alpha value is -1.61. The molecule has 0 atom stereocenters. The molecule has 1 aromatic heterocycles. The van der Waals surface area contributed by atoms with E-state index in [0.717, 1.165) is 18.2 Å². The smallest absolute Gasteiger partial charge is 0.128 e. The lowest BCUT2D eigenvalue weighted by Crippen LogP contribution is -2.14. The van der Waals surface area contributed by atoms with Gasteiger partial charge in [-0.3, -0.25) is 0 Å². The summed E-state index contributed by atoms with van der Waals surface area (Å²) in [7, 11) is 0. The van der Waals surface area contributed by atoms with Gasteiger partial charge >= 0.3 is 0 Å². The van der Waals surface area contributed by atoms with E-state index in [4.69, 9.17) is 0 Å². The van der Waals surface area contributed by atoms with Crippen molar-refractivity contribution in [3.63, 3.8) is 0 Å². The summed E-state index contributed by atoms with van der Waals surface area (Å²) in [4.78, 5) is 0. The fraction of sp³-hybridized carbons (Fsp3) is 0.333. The van der Waals surface area contributed by atoms with Crippen LogP contribution < -0.4 is 5.32 Å². The number of nitrogens with one attached hydrogen (secondary N) is 1. The molecule has 0 bridgehead atoms. The van der Waals surface area contributed by atoms with E-state index in [0.29, 0.717) is 6.54 Å². The summed E-state index contributed by atoms with van der Waals surface area (Å²) in [5.74, 6) is -0.135. The second-order valence-electron chi connectivity index (χ2n) is 4.94. The maximum absolute atomic E-state index is 13.5. The standard InChI is InChI=1S/C15H17FN2/c16-15-4-2-1-3-13(15)11-18-8-7-12(10-18)9-17-14-5-6-14/h1-4,7-8,10,14,17H,5-6,9,11H2.